The van der Waals surface area contributed by atoms with Gasteiger partial charge in [0.15, 0.2) is 17.7 Å². The Hall–Kier alpha value is -3.53. The van der Waals surface area contributed by atoms with Gasteiger partial charge in [-0.05, 0) is 18.2 Å². The van der Waals surface area contributed by atoms with Gasteiger partial charge in [-0.2, -0.15) is 18.3 Å². The van der Waals surface area contributed by atoms with Crippen molar-refractivity contribution in [3.63, 3.8) is 0 Å². The van der Waals surface area contributed by atoms with Crippen molar-refractivity contribution < 1.29 is 18.3 Å². The lowest BCUT2D eigenvalue weighted by atomic mass is 10.0. The van der Waals surface area contributed by atoms with Gasteiger partial charge in [-0.15, -0.1) is 0 Å². The van der Waals surface area contributed by atoms with Crippen molar-refractivity contribution in [1.82, 2.24) is 24.6 Å². The van der Waals surface area contributed by atoms with Crippen LogP contribution in [0.15, 0.2) is 61.2 Å². The van der Waals surface area contributed by atoms with Crippen LogP contribution < -0.4 is 5.32 Å². The van der Waals surface area contributed by atoms with Gasteiger partial charge >= 0.3 is 6.18 Å². The molecule has 142 valence electrons. The first-order valence-electron chi connectivity index (χ1n) is 8.16. The highest BCUT2D eigenvalue weighted by Crippen LogP contribution is 2.36. The van der Waals surface area contributed by atoms with E-state index in [1.165, 1.54) is 53.6 Å². The molecule has 28 heavy (non-hydrogen) atoms. The minimum atomic E-state index is -4.51. The van der Waals surface area contributed by atoms with Gasteiger partial charge in [0.25, 0.3) is 0 Å². The molecule has 0 spiro atoms. The molecule has 3 aromatic heterocycles. The third-order valence-electron chi connectivity index (χ3n) is 4.00. The van der Waals surface area contributed by atoms with E-state index in [2.05, 4.69) is 25.4 Å². The van der Waals surface area contributed by atoms with E-state index in [1.54, 1.807) is 6.07 Å². The van der Waals surface area contributed by atoms with Gasteiger partial charge in [0.2, 0.25) is 0 Å². The predicted molar refractivity (Wildman–Crippen MR) is 94.0 cm³/mol. The summed E-state index contributed by atoms with van der Waals surface area (Å²) in [7, 11) is 0. The van der Waals surface area contributed by atoms with Crippen molar-refractivity contribution in [2.45, 2.75) is 12.4 Å². The van der Waals surface area contributed by atoms with Gasteiger partial charge in [-0.25, -0.2) is 19.5 Å². The van der Waals surface area contributed by atoms with E-state index in [-0.39, 0.29) is 22.7 Å². The average molecular weight is 386 g/mol. The van der Waals surface area contributed by atoms with E-state index >= 15 is 0 Å². The Labute approximate surface area is 156 Å². The molecule has 4 aromatic rings. The molecule has 0 aliphatic rings. The molecule has 0 saturated carbocycles. The highest BCUT2D eigenvalue weighted by Gasteiger charge is 2.33. The molecule has 0 fully saturated rings. The monoisotopic (exact) mass is 386 g/mol. The standard InChI is InChI=1S/C18H13F3N6O/c19-18(20,21)12-5-2-1-4-11(12)13-6-9-27-16(25-13)14(10-24-27)26-17(28)15-22-7-3-8-23-15/h1-10,17,26,28H. The zero-order valence-corrected chi connectivity index (χ0v) is 14.2. The number of rotatable bonds is 4. The molecule has 2 N–H and O–H groups in total. The maximum Gasteiger partial charge on any atom is 0.417 e. The molecule has 0 aliphatic heterocycles. The first kappa shape index (κ1) is 17.9. The molecular weight excluding hydrogens is 373 g/mol. The Morgan fingerprint density at radius 2 is 1.79 bits per heavy atom. The second kappa shape index (κ2) is 6.89. The molecule has 1 aromatic carbocycles. The van der Waals surface area contributed by atoms with Crippen LogP contribution in [0.1, 0.15) is 17.6 Å². The van der Waals surface area contributed by atoms with Crippen LogP contribution in [0, 0.1) is 0 Å². The summed E-state index contributed by atoms with van der Waals surface area (Å²) in [6.07, 6.45) is 0.130. The molecule has 0 aliphatic carbocycles. The van der Waals surface area contributed by atoms with Crippen molar-refractivity contribution in [2.75, 3.05) is 5.32 Å². The lowest BCUT2D eigenvalue weighted by Crippen LogP contribution is -2.13. The van der Waals surface area contributed by atoms with Crippen molar-refractivity contribution in [3.8, 4) is 11.3 Å². The molecule has 0 saturated heterocycles. The summed E-state index contributed by atoms with van der Waals surface area (Å²) in [4.78, 5) is 12.2. The lowest BCUT2D eigenvalue weighted by molar-refractivity contribution is -0.137. The number of hydrogen-bond acceptors (Lipinski definition) is 6. The zero-order valence-electron chi connectivity index (χ0n) is 14.2. The topological polar surface area (TPSA) is 88.2 Å². The molecule has 10 heteroatoms. The van der Waals surface area contributed by atoms with Crippen LogP contribution in [0.5, 0.6) is 0 Å². The molecule has 0 amide bonds. The van der Waals surface area contributed by atoms with Crippen LogP contribution in [0.4, 0.5) is 18.9 Å². The SMILES string of the molecule is OC(Nc1cnn2ccc(-c3ccccc3C(F)(F)F)nc12)c1ncccn1. The van der Waals surface area contributed by atoms with Crippen LogP contribution >= 0.6 is 0 Å². The molecule has 1 unspecified atom stereocenters. The number of nitrogens with zero attached hydrogens (tertiary/aromatic N) is 5. The molecular formula is C18H13F3N6O. The van der Waals surface area contributed by atoms with Gasteiger partial charge in [0, 0.05) is 24.2 Å². The van der Waals surface area contributed by atoms with E-state index in [0.29, 0.717) is 5.69 Å². The Bertz CT molecular complexity index is 1110. The maximum absolute atomic E-state index is 13.3. The minimum absolute atomic E-state index is 0.0448. The Balaban J connectivity index is 1.74. The van der Waals surface area contributed by atoms with E-state index in [1.807, 2.05) is 0 Å². The lowest BCUT2D eigenvalue weighted by Gasteiger charge is -2.13. The van der Waals surface area contributed by atoms with Crippen molar-refractivity contribution >= 4 is 11.3 Å². The van der Waals surface area contributed by atoms with Gasteiger partial charge in [-0.1, -0.05) is 18.2 Å². The van der Waals surface area contributed by atoms with Crippen LogP contribution in [0.2, 0.25) is 0 Å². The van der Waals surface area contributed by atoms with Gasteiger partial charge < -0.3 is 10.4 Å². The second-order valence-electron chi connectivity index (χ2n) is 5.84. The maximum atomic E-state index is 13.3. The van der Waals surface area contributed by atoms with Gasteiger partial charge in [0.1, 0.15) is 5.69 Å². The van der Waals surface area contributed by atoms with Crippen LogP contribution in [-0.4, -0.2) is 29.7 Å². The van der Waals surface area contributed by atoms with Crippen LogP contribution in [0.3, 0.4) is 0 Å². The summed E-state index contributed by atoms with van der Waals surface area (Å²) in [5, 5.41) is 17.1. The quantitative estimate of drug-likeness (QED) is 0.523. The molecule has 1 atom stereocenters. The van der Waals surface area contributed by atoms with Crippen LogP contribution in [0.25, 0.3) is 16.9 Å². The molecule has 7 nitrogen and oxygen atoms in total. The molecule has 3 heterocycles. The Morgan fingerprint density at radius 3 is 2.54 bits per heavy atom. The summed E-state index contributed by atoms with van der Waals surface area (Å²) in [6, 6.07) is 8.27. The summed E-state index contributed by atoms with van der Waals surface area (Å²) in [6.45, 7) is 0. The normalized spacial score (nSPS) is 12.9. The number of hydrogen-bond donors (Lipinski definition) is 2. The molecule has 4 rings (SSSR count). The average Bonchev–Trinajstić information content (AvgIpc) is 3.10. The van der Waals surface area contributed by atoms with E-state index in [4.69, 9.17) is 0 Å². The number of aromatic nitrogens is 5. The minimum Gasteiger partial charge on any atom is -0.367 e. The number of anilines is 1. The number of nitrogens with one attached hydrogen (secondary N) is 1. The summed E-state index contributed by atoms with van der Waals surface area (Å²) in [5.41, 5.74) is -0.111. The second-order valence-corrected chi connectivity index (χ2v) is 5.84. The third-order valence-corrected chi connectivity index (χ3v) is 4.00. The number of halogens is 3. The fraction of sp³-hybridized carbons (Fsp3) is 0.111. The van der Waals surface area contributed by atoms with Crippen LogP contribution in [-0.2, 0) is 6.18 Å². The number of fused-ring (bicyclic) bond motifs is 1. The molecule has 0 bridgehead atoms. The summed E-state index contributed by atoms with van der Waals surface area (Å²) >= 11 is 0. The van der Waals surface area contributed by atoms with Gasteiger partial charge in [0.05, 0.1) is 17.5 Å². The smallest absolute Gasteiger partial charge is 0.367 e. The fourth-order valence-corrected chi connectivity index (χ4v) is 2.74. The first-order valence-corrected chi connectivity index (χ1v) is 8.16. The molecule has 0 radical (unpaired) electrons. The predicted octanol–water partition coefficient (Wildman–Crippen LogP) is 3.31. The van der Waals surface area contributed by atoms with Crippen molar-refractivity contribution in [2.24, 2.45) is 0 Å². The third kappa shape index (κ3) is 3.37. The largest absolute Gasteiger partial charge is 0.417 e. The number of aliphatic hydroxyl groups excluding tert-OH is 1. The fourth-order valence-electron chi connectivity index (χ4n) is 2.74. The zero-order chi connectivity index (χ0) is 19.7. The Kier molecular flexibility index (Phi) is 4.40. The van der Waals surface area contributed by atoms with Crippen molar-refractivity contribution in [1.29, 1.82) is 0 Å². The highest BCUT2D eigenvalue weighted by molar-refractivity contribution is 5.72. The first-order chi connectivity index (χ1) is 13.4. The highest BCUT2D eigenvalue weighted by atomic mass is 19.4. The van der Waals surface area contributed by atoms with E-state index < -0.39 is 18.0 Å². The van der Waals surface area contributed by atoms with E-state index in [9.17, 15) is 18.3 Å². The number of alkyl halides is 3. The van der Waals surface area contributed by atoms with Crippen molar-refractivity contribution in [3.05, 3.63) is 72.6 Å². The Morgan fingerprint density at radius 1 is 1.04 bits per heavy atom. The van der Waals surface area contributed by atoms with E-state index in [0.717, 1.165) is 6.07 Å². The number of aliphatic hydroxyl groups is 1. The van der Waals surface area contributed by atoms with Gasteiger partial charge in [-0.3, -0.25) is 0 Å². The summed E-state index contributed by atoms with van der Waals surface area (Å²) in [5.74, 6) is 0.139. The number of benzene rings is 1. The summed E-state index contributed by atoms with van der Waals surface area (Å²) < 4.78 is 41.4.